The first kappa shape index (κ1) is 13.3. The topological polar surface area (TPSA) is 134 Å². The molecule has 0 aromatic carbocycles. The summed E-state index contributed by atoms with van der Waals surface area (Å²) in [5.41, 5.74) is 5.60. The van der Waals surface area contributed by atoms with E-state index in [0.717, 1.165) is 11.2 Å². The smallest absolute Gasteiger partial charge is 0.277 e. The van der Waals surface area contributed by atoms with Gasteiger partial charge in [-0.05, 0) is 11.6 Å². The number of aryl methyl sites for hydroxylation is 2. The van der Waals surface area contributed by atoms with Crippen LogP contribution < -0.4 is 10.5 Å². The van der Waals surface area contributed by atoms with Gasteiger partial charge in [-0.2, -0.15) is 9.90 Å². The lowest BCUT2D eigenvalue weighted by Gasteiger charge is -2.01. The molecule has 2 aromatic heterocycles. The highest BCUT2D eigenvalue weighted by molar-refractivity contribution is 7.92. The van der Waals surface area contributed by atoms with Crippen molar-refractivity contribution in [2.75, 3.05) is 10.5 Å². The van der Waals surface area contributed by atoms with Gasteiger partial charge >= 0.3 is 0 Å². The minimum Gasteiger partial charge on any atom is -0.381 e. The van der Waals surface area contributed by atoms with E-state index >= 15 is 0 Å². The molecule has 3 N–H and O–H groups in total. The molecule has 0 atom stereocenters. The maximum atomic E-state index is 12.1. The Labute approximate surface area is 109 Å². The summed E-state index contributed by atoms with van der Waals surface area (Å²) >= 11 is 0. The molecule has 11 heteroatoms. The summed E-state index contributed by atoms with van der Waals surface area (Å²) < 4.78 is 27.8. The number of tetrazole rings is 1. The lowest BCUT2D eigenvalue weighted by molar-refractivity contribution is 0.595. The molecule has 0 aliphatic heterocycles. The number of nitrogens with one attached hydrogen (secondary N) is 1. The van der Waals surface area contributed by atoms with Gasteiger partial charge in [-0.15, -0.1) is 5.10 Å². The highest BCUT2D eigenvalue weighted by Gasteiger charge is 2.22. The van der Waals surface area contributed by atoms with Crippen LogP contribution in [0.25, 0.3) is 0 Å². The molecule has 0 saturated heterocycles. The van der Waals surface area contributed by atoms with Gasteiger partial charge in [0.1, 0.15) is 4.90 Å². The zero-order valence-electron chi connectivity index (χ0n) is 10.5. The molecule has 0 radical (unpaired) electrons. The van der Waals surface area contributed by atoms with Gasteiger partial charge in [0.15, 0.2) is 5.82 Å². The molecule has 0 amide bonds. The molecule has 0 unspecified atom stereocenters. The molecule has 2 aromatic rings. The fourth-order valence-corrected chi connectivity index (χ4v) is 2.48. The molecular weight excluding hydrogens is 272 g/mol. The van der Waals surface area contributed by atoms with Gasteiger partial charge in [-0.25, -0.2) is 13.1 Å². The zero-order chi connectivity index (χ0) is 14.0. The van der Waals surface area contributed by atoms with Gasteiger partial charge in [0.25, 0.3) is 16.0 Å². The summed E-state index contributed by atoms with van der Waals surface area (Å²) in [6, 6.07) is 0. The van der Waals surface area contributed by atoms with E-state index in [1.807, 2.05) is 6.92 Å². The highest BCUT2D eigenvalue weighted by Crippen LogP contribution is 2.18. The molecule has 0 aliphatic rings. The maximum absolute atomic E-state index is 12.1. The van der Waals surface area contributed by atoms with Crippen molar-refractivity contribution in [2.45, 2.75) is 24.8 Å². The Morgan fingerprint density at radius 3 is 2.74 bits per heavy atom. The van der Waals surface area contributed by atoms with Crippen LogP contribution in [-0.4, -0.2) is 38.4 Å². The van der Waals surface area contributed by atoms with Crippen LogP contribution in [0.3, 0.4) is 0 Å². The maximum Gasteiger partial charge on any atom is 0.277 e. The van der Waals surface area contributed by atoms with E-state index in [1.165, 1.54) is 17.9 Å². The molecule has 0 aliphatic carbocycles. The Balaban J connectivity index is 2.28. The molecule has 0 bridgehead atoms. The first-order valence-electron chi connectivity index (χ1n) is 5.52. The van der Waals surface area contributed by atoms with Gasteiger partial charge in [0.2, 0.25) is 0 Å². The van der Waals surface area contributed by atoms with Crippen LogP contribution in [0, 0.1) is 0 Å². The first-order chi connectivity index (χ1) is 8.92. The molecule has 19 heavy (non-hydrogen) atoms. The average molecular weight is 286 g/mol. The number of nitrogen functional groups attached to an aromatic ring is 1. The summed E-state index contributed by atoms with van der Waals surface area (Å²) in [5, 5.41) is 14.7. The van der Waals surface area contributed by atoms with E-state index in [0.29, 0.717) is 6.54 Å². The normalized spacial score (nSPS) is 11.7. The fraction of sp³-hybridized carbons (Fsp3) is 0.500. The second-order valence-corrected chi connectivity index (χ2v) is 5.50. The number of nitrogens with zero attached hydrogens (tertiary/aromatic N) is 6. The Bertz CT molecular complexity index is 673. The van der Waals surface area contributed by atoms with Crippen LogP contribution in [0.4, 0.5) is 11.8 Å². The van der Waals surface area contributed by atoms with Crippen molar-refractivity contribution in [1.29, 1.82) is 0 Å². The summed E-state index contributed by atoms with van der Waals surface area (Å²) in [4.78, 5) is 1.04. The third-order valence-corrected chi connectivity index (χ3v) is 3.58. The van der Waals surface area contributed by atoms with Crippen LogP contribution in [0.2, 0.25) is 0 Å². The SMILES string of the molecule is CCCn1cc(S(=O)(=O)Nc2nnn(C)n2)c(N)n1. The van der Waals surface area contributed by atoms with Crippen LogP contribution >= 0.6 is 0 Å². The molecule has 0 spiro atoms. The van der Waals surface area contributed by atoms with Crippen molar-refractivity contribution in [3.8, 4) is 0 Å². The van der Waals surface area contributed by atoms with Crippen LogP contribution in [0.15, 0.2) is 11.1 Å². The van der Waals surface area contributed by atoms with Crippen molar-refractivity contribution >= 4 is 21.8 Å². The van der Waals surface area contributed by atoms with Crippen molar-refractivity contribution < 1.29 is 8.42 Å². The van der Waals surface area contributed by atoms with Crippen molar-refractivity contribution in [2.24, 2.45) is 7.05 Å². The predicted octanol–water partition coefficient (Wildman–Crippen LogP) is -0.800. The Hall–Kier alpha value is -2.17. The number of rotatable bonds is 5. The first-order valence-corrected chi connectivity index (χ1v) is 7.00. The monoisotopic (exact) mass is 286 g/mol. The minimum absolute atomic E-state index is 0.0650. The van der Waals surface area contributed by atoms with E-state index in [-0.39, 0.29) is 16.7 Å². The largest absolute Gasteiger partial charge is 0.381 e. The Kier molecular flexibility index (Phi) is 3.38. The zero-order valence-corrected chi connectivity index (χ0v) is 11.3. The van der Waals surface area contributed by atoms with Gasteiger partial charge in [0.05, 0.1) is 7.05 Å². The van der Waals surface area contributed by atoms with Crippen LogP contribution in [0.5, 0.6) is 0 Å². The number of hydrogen-bond acceptors (Lipinski definition) is 7. The quantitative estimate of drug-likeness (QED) is 0.734. The van der Waals surface area contributed by atoms with Gasteiger partial charge in [-0.3, -0.25) is 4.68 Å². The van der Waals surface area contributed by atoms with E-state index in [1.54, 1.807) is 0 Å². The van der Waals surface area contributed by atoms with Crippen molar-refractivity contribution in [1.82, 2.24) is 30.0 Å². The van der Waals surface area contributed by atoms with Crippen LogP contribution in [-0.2, 0) is 23.6 Å². The summed E-state index contributed by atoms with van der Waals surface area (Å²) in [7, 11) is -2.34. The second kappa shape index (κ2) is 4.84. The molecule has 10 nitrogen and oxygen atoms in total. The summed E-state index contributed by atoms with van der Waals surface area (Å²) in [5.74, 6) is -0.185. The van der Waals surface area contributed by atoms with Crippen molar-refractivity contribution in [3.05, 3.63) is 6.20 Å². The van der Waals surface area contributed by atoms with E-state index in [4.69, 9.17) is 5.73 Å². The standard InChI is InChI=1S/C8H14N8O2S/c1-3-4-16-5-6(7(9)11-16)19(17,18)13-8-10-14-15(2)12-8/h5H,3-4H2,1-2H3,(H2,9,11)(H,12,13). The average Bonchev–Trinajstić information content (AvgIpc) is 2.86. The third-order valence-electron chi connectivity index (χ3n) is 2.23. The van der Waals surface area contributed by atoms with Gasteiger partial charge in [-0.1, -0.05) is 12.0 Å². The Morgan fingerprint density at radius 2 is 2.16 bits per heavy atom. The second-order valence-electron chi connectivity index (χ2n) is 3.85. The molecule has 0 fully saturated rings. The number of aromatic nitrogens is 6. The van der Waals surface area contributed by atoms with Gasteiger partial charge < -0.3 is 5.73 Å². The summed E-state index contributed by atoms with van der Waals surface area (Å²) in [6.07, 6.45) is 2.19. The van der Waals surface area contributed by atoms with E-state index < -0.39 is 10.0 Å². The lowest BCUT2D eigenvalue weighted by atomic mass is 10.5. The molecular formula is C8H14N8O2S. The molecule has 0 saturated carbocycles. The van der Waals surface area contributed by atoms with Gasteiger partial charge in [0, 0.05) is 12.7 Å². The molecule has 104 valence electrons. The fourth-order valence-electron chi connectivity index (χ4n) is 1.47. The predicted molar refractivity (Wildman–Crippen MR) is 66.5 cm³/mol. The molecule has 2 heterocycles. The number of anilines is 2. The molecule has 2 rings (SSSR count). The van der Waals surface area contributed by atoms with Crippen LogP contribution in [0.1, 0.15) is 13.3 Å². The number of hydrogen-bond donors (Lipinski definition) is 2. The Morgan fingerprint density at radius 1 is 1.42 bits per heavy atom. The summed E-state index contributed by atoms with van der Waals surface area (Å²) in [6.45, 7) is 2.54. The third kappa shape index (κ3) is 2.81. The minimum atomic E-state index is -3.86. The lowest BCUT2D eigenvalue weighted by Crippen LogP contribution is -2.15. The van der Waals surface area contributed by atoms with E-state index in [9.17, 15) is 8.42 Å². The van der Waals surface area contributed by atoms with Crippen molar-refractivity contribution in [3.63, 3.8) is 0 Å². The number of nitrogens with two attached hydrogens (primary N) is 1. The number of sulfonamides is 1. The highest BCUT2D eigenvalue weighted by atomic mass is 32.2. The van der Waals surface area contributed by atoms with E-state index in [2.05, 4.69) is 25.2 Å².